The van der Waals surface area contributed by atoms with Gasteiger partial charge in [0.2, 0.25) is 0 Å². The molecule has 0 radical (unpaired) electrons. The van der Waals surface area contributed by atoms with Gasteiger partial charge in [0.1, 0.15) is 0 Å². The summed E-state index contributed by atoms with van der Waals surface area (Å²) >= 11 is -2.16. The van der Waals surface area contributed by atoms with Gasteiger partial charge in [-0.3, -0.25) is 18.6 Å². The standard InChI is InChI=1S/C20H17NO5S/c1-11(27(25)26)13-9-21(10-13)20(24)12-6-7-16-17(8-12)19(23)15-5-3-2-4-14(15)18(16)22/h2-8,11,13H,9-10H2,1H3,(H,25,26)/p-1. The Morgan fingerprint density at radius 3 is 2.19 bits per heavy atom. The number of nitrogens with zero attached hydrogens (tertiary/aromatic N) is 1. The lowest BCUT2D eigenvalue weighted by Crippen LogP contribution is -2.54. The van der Waals surface area contributed by atoms with Gasteiger partial charge in [-0.25, -0.2) is 0 Å². The highest BCUT2D eigenvalue weighted by molar-refractivity contribution is 7.79. The Balaban J connectivity index is 1.59. The minimum atomic E-state index is -2.16. The van der Waals surface area contributed by atoms with E-state index in [0.29, 0.717) is 35.3 Å². The highest BCUT2D eigenvalue weighted by Gasteiger charge is 2.36. The molecule has 0 N–H and O–H groups in total. The van der Waals surface area contributed by atoms with Gasteiger partial charge in [-0.2, -0.15) is 0 Å². The van der Waals surface area contributed by atoms with E-state index in [0.717, 1.165) is 0 Å². The molecule has 1 saturated heterocycles. The van der Waals surface area contributed by atoms with Crippen molar-refractivity contribution < 1.29 is 23.1 Å². The zero-order valence-corrected chi connectivity index (χ0v) is 15.3. The summed E-state index contributed by atoms with van der Waals surface area (Å²) in [6, 6.07) is 11.2. The van der Waals surface area contributed by atoms with Crippen LogP contribution < -0.4 is 0 Å². The summed E-state index contributed by atoms with van der Waals surface area (Å²) in [5.74, 6) is -0.848. The molecule has 2 aromatic rings. The van der Waals surface area contributed by atoms with E-state index in [1.54, 1.807) is 42.2 Å². The average molecular weight is 382 g/mol. The maximum atomic E-state index is 12.8. The molecule has 27 heavy (non-hydrogen) atoms. The number of benzene rings is 2. The molecule has 1 amide bonds. The first-order valence-electron chi connectivity index (χ1n) is 8.58. The molecule has 1 aliphatic heterocycles. The molecule has 7 heteroatoms. The first-order chi connectivity index (χ1) is 12.9. The smallest absolute Gasteiger partial charge is 0.253 e. The SMILES string of the molecule is CC(C1CN(C(=O)c2ccc3c(c2)C(=O)c2ccccc2C3=O)C1)S(=O)[O-]. The number of hydrogen-bond acceptors (Lipinski definition) is 5. The normalized spacial score (nSPS) is 18.4. The van der Waals surface area contributed by atoms with Crippen molar-refractivity contribution in [1.82, 2.24) is 4.90 Å². The zero-order valence-electron chi connectivity index (χ0n) is 14.5. The van der Waals surface area contributed by atoms with Crippen molar-refractivity contribution in [2.45, 2.75) is 12.2 Å². The fraction of sp³-hybridized carbons (Fsp3) is 0.250. The maximum absolute atomic E-state index is 12.8. The van der Waals surface area contributed by atoms with E-state index in [1.807, 2.05) is 0 Å². The van der Waals surface area contributed by atoms with Gasteiger partial charge in [-0.15, -0.1) is 0 Å². The minimum absolute atomic E-state index is 0.0833. The van der Waals surface area contributed by atoms with Crippen LogP contribution in [0, 0.1) is 5.92 Å². The molecule has 6 nitrogen and oxygen atoms in total. The molecule has 1 aliphatic carbocycles. The molecule has 0 spiro atoms. The fourth-order valence-corrected chi connectivity index (χ4v) is 4.03. The predicted octanol–water partition coefficient (Wildman–Crippen LogP) is 1.80. The summed E-state index contributed by atoms with van der Waals surface area (Å²) in [7, 11) is 0. The third kappa shape index (κ3) is 2.83. The predicted molar refractivity (Wildman–Crippen MR) is 97.5 cm³/mol. The van der Waals surface area contributed by atoms with Crippen LogP contribution in [0.4, 0.5) is 0 Å². The molecule has 0 bridgehead atoms. The Kier molecular flexibility index (Phi) is 4.28. The van der Waals surface area contributed by atoms with Gasteiger partial charge in [0.25, 0.3) is 5.91 Å². The molecular formula is C20H16NO5S-. The van der Waals surface area contributed by atoms with Gasteiger partial charge in [-0.05, 0) is 18.2 Å². The lowest BCUT2D eigenvalue weighted by molar-refractivity contribution is 0.0498. The van der Waals surface area contributed by atoms with E-state index >= 15 is 0 Å². The van der Waals surface area contributed by atoms with E-state index in [-0.39, 0.29) is 29.0 Å². The highest BCUT2D eigenvalue weighted by Crippen LogP contribution is 2.29. The van der Waals surface area contributed by atoms with Gasteiger partial charge < -0.3 is 9.45 Å². The fourth-order valence-electron chi connectivity index (χ4n) is 3.55. The molecule has 0 aromatic heterocycles. The quantitative estimate of drug-likeness (QED) is 0.644. The number of ketones is 2. The van der Waals surface area contributed by atoms with Crippen molar-refractivity contribution in [2.24, 2.45) is 5.92 Å². The van der Waals surface area contributed by atoms with E-state index in [9.17, 15) is 23.1 Å². The number of carbonyl (C=O) groups excluding carboxylic acids is 3. The second-order valence-corrected chi connectivity index (χ2v) is 8.16. The number of rotatable bonds is 3. The lowest BCUT2D eigenvalue weighted by atomic mass is 9.83. The topological polar surface area (TPSA) is 94.6 Å². The molecule has 2 aromatic carbocycles. The number of likely N-dealkylation sites (tertiary alicyclic amines) is 1. The Hall–Kier alpha value is -2.64. The van der Waals surface area contributed by atoms with E-state index in [1.165, 1.54) is 12.1 Å². The second kappa shape index (κ2) is 6.51. The minimum Gasteiger partial charge on any atom is -0.772 e. The Morgan fingerprint density at radius 2 is 1.59 bits per heavy atom. The van der Waals surface area contributed by atoms with Crippen LogP contribution in [0.25, 0.3) is 0 Å². The molecule has 4 rings (SSSR count). The Labute approximate surface area is 158 Å². The summed E-state index contributed by atoms with van der Waals surface area (Å²) in [6.45, 7) is 2.35. The van der Waals surface area contributed by atoms with Gasteiger partial charge in [0.15, 0.2) is 11.6 Å². The lowest BCUT2D eigenvalue weighted by Gasteiger charge is -2.43. The molecule has 1 fully saturated rings. The van der Waals surface area contributed by atoms with Crippen LogP contribution in [-0.2, 0) is 11.1 Å². The maximum Gasteiger partial charge on any atom is 0.253 e. The van der Waals surface area contributed by atoms with Gasteiger partial charge in [0.05, 0.1) is 0 Å². The summed E-state index contributed by atoms with van der Waals surface area (Å²) < 4.78 is 22.1. The first kappa shape index (κ1) is 17.8. The van der Waals surface area contributed by atoms with Crippen molar-refractivity contribution in [1.29, 1.82) is 0 Å². The highest BCUT2D eigenvalue weighted by atomic mass is 32.2. The summed E-state index contributed by atoms with van der Waals surface area (Å²) in [6.07, 6.45) is 0. The number of hydrogen-bond donors (Lipinski definition) is 0. The molecule has 2 aliphatic rings. The van der Waals surface area contributed by atoms with E-state index in [2.05, 4.69) is 0 Å². The van der Waals surface area contributed by atoms with Crippen molar-refractivity contribution in [3.8, 4) is 0 Å². The van der Waals surface area contributed by atoms with Crippen molar-refractivity contribution in [3.63, 3.8) is 0 Å². The van der Waals surface area contributed by atoms with Crippen LogP contribution in [0.15, 0.2) is 42.5 Å². The van der Waals surface area contributed by atoms with Gasteiger partial charge in [0, 0.05) is 52.1 Å². The van der Waals surface area contributed by atoms with Crippen LogP contribution in [0.3, 0.4) is 0 Å². The van der Waals surface area contributed by atoms with E-state index in [4.69, 9.17) is 0 Å². The molecule has 2 unspecified atom stereocenters. The molecule has 138 valence electrons. The second-order valence-electron chi connectivity index (χ2n) is 6.90. The zero-order chi connectivity index (χ0) is 19.3. The monoisotopic (exact) mass is 382 g/mol. The third-order valence-corrected chi connectivity index (χ3v) is 6.33. The number of fused-ring (bicyclic) bond motifs is 2. The first-order valence-corrected chi connectivity index (χ1v) is 9.72. The molecule has 2 atom stereocenters. The van der Waals surface area contributed by atoms with Gasteiger partial charge in [-0.1, -0.05) is 42.3 Å². The van der Waals surface area contributed by atoms with Crippen LogP contribution in [0.5, 0.6) is 0 Å². The summed E-state index contributed by atoms with van der Waals surface area (Å²) in [4.78, 5) is 39.6. The van der Waals surface area contributed by atoms with Crippen molar-refractivity contribution in [3.05, 3.63) is 70.3 Å². The Morgan fingerprint density at radius 1 is 1.04 bits per heavy atom. The number of amides is 1. The molecule has 0 saturated carbocycles. The van der Waals surface area contributed by atoms with Crippen LogP contribution in [0.2, 0.25) is 0 Å². The van der Waals surface area contributed by atoms with Gasteiger partial charge >= 0.3 is 0 Å². The van der Waals surface area contributed by atoms with Crippen LogP contribution >= 0.6 is 0 Å². The van der Waals surface area contributed by atoms with Crippen LogP contribution in [0.1, 0.15) is 49.1 Å². The van der Waals surface area contributed by atoms with Crippen LogP contribution in [-0.4, -0.2) is 49.5 Å². The molecule has 1 heterocycles. The Bertz CT molecular complexity index is 1010. The average Bonchev–Trinajstić information content (AvgIpc) is 2.64. The summed E-state index contributed by atoms with van der Waals surface area (Å²) in [5, 5.41) is -0.506. The largest absolute Gasteiger partial charge is 0.772 e. The van der Waals surface area contributed by atoms with Crippen molar-refractivity contribution >= 4 is 28.6 Å². The molecular weight excluding hydrogens is 366 g/mol. The van der Waals surface area contributed by atoms with Crippen molar-refractivity contribution in [2.75, 3.05) is 13.1 Å². The number of carbonyl (C=O) groups is 3. The summed E-state index contributed by atoms with van der Waals surface area (Å²) in [5.41, 5.74) is 1.57. The third-order valence-electron chi connectivity index (χ3n) is 5.34. The van der Waals surface area contributed by atoms with E-state index < -0.39 is 16.3 Å².